The lowest BCUT2D eigenvalue weighted by Crippen LogP contribution is -2.30. The molecule has 2 amide bonds. The number of hydrogen-bond acceptors (Lipinski definition) is 3. The Hall–Kier alpha value is -1.07. The number of carbonyl (C=O) groups excluding carboxylic acids is 1. The minimum Gasteiger partial charge on any atom is -0.329 e. The lowest BCUT2D eigenvalue weighted by Gasteiger charge is -2.13. The Morgan fingerprint density at radius 3 is 3.25 bits per heavy atom. The standard InChI is InChI=1S/C11H17N3OS/c1-12-5-3-6-14-8-9(13-11(14)15)10-4-2-7-16-10/h2,4,7,9,12H,3,5-6,8H2,1H3,(H,13,15). The zero-order chi connectivity index (χ0) is 11.4. The van der Waals surface area contributed by atoms with Crippen molar-refractivity contribution in [2.45, 2.75) is 12.5 Å². The number of thiophene rings is 1. The van der Waals surface area contributed by atoms with Crippen LogP contribution in [0.5, 0.6) is 0 Å². The van der Waals surface area contributed by atoms with Crippen LogP contribution in [0.15, 0.2) is 17.5 Å². The highest BCUT2D eigenvalue weighted by atomic mass is 32.1. The van der Waals surface area contributed by atoms with Crippen molar-refractivity contribution in [1.82, 2.24) is 15.5 Å². The predicted molar refractivity (Wildman–Crippen MR) is 65.7 cm³/mol. The summed E-state index contributed by atoms with van der Waals surface area (Å²) in [7, 11) is 1.93. The first-order valence-electron chi connectivity index (χ1n) is 5.54. The second kappa shape index (κ2) is 5.32. The SMILES string of the molecule is CNCCCN1CC(c2cccs2)NC1=O. The van der Waals surface area contributed by atoms with Gasteiger partial charge in [0.2, 0.25) is 0 Å². The van der Waals surface area contributed by atoms with Gasteiger partial charge in [-0.2, -0.15) is 0 Å². The predicted octanol–water partition coefficient (Wildman–Crippen LogP) is 1.42. The third kappa shape index (κ3) is 2.54. The molecule has 1 fully saturated rings. The zero-order valence-corrected chi connectivity index (χ0v) is 10.2. The third-order valence-electron chi connectivity index (χ3n) is 2.73. The van der Waals surface area contributed by atoms with E-state index in [-0.39, 0.29) is 12.1 Å². The van der Waals surface area contributed by atoms with Crippen LogP contribution in [0.3, 0.4) is 0 Å². The van der Waals surface area contributed by atoms with Gasteiger partial charge in [-0.15, -0.1) is 11.3 Å². The first kappa shape index (κ1) is 11.4. The van der Waals surface area contributed by atoms with Crippen LogP contribution in [0.1, 0.15) is 17.3 Å². The van der Waals surface area contributed by atoms with Crippen molar-refractivity contribution >= 4 is 17.4 Å². The maximum Gasteiger partial charge on any atom is 0.318 e. The van der Waals surface area contributed by atoms with E-state index >= 15 is 0 Å². The van der Waals surface area contributed by atoms with Crippen LogP contribution in [0.25, 0.3) is 0 Å². The average molecular weight is 239 g/mol. The maximum atomic E-state index is 11.7. The van der Waals surface area contributed by atoms with E-state index in [0.717, 1.165) is 26.1 Å². The van der Waals surface area contributed by atoms with Crippen molar-refractivity contribution in [1.29, 1.82) is 0 Å². The molecule has 16 heavy (non-hydrogen) atoms. The van der Waals surface area contributed by atoms with Gasteiger partial charge in [0.05, 0.1) is 6.04 Å². The Kier molecular flexibility index (Phi) is 3.79. The summed E-state index contributed by atoms with van der Waals surface area (Å²) < 4.78 is 0. The molecule has 0 aliphatic carbocycles. The fraction of sp³-hybridized carbons (Fsp3) is 0.545. The number of amides is 2. The number of nitrogens with zero attached hydrogens (tertiary/aromatic N) is 1. The van der Waals surface area contributed by atoms with Crippen LogP contribution in [0, 0.1) is 0 Å². The molecule has 0 aromatic carbocycles. The average Bonchev–Trinajstić information content (AvgIpc) is 2.88. The van der Waals surface area contributed by atoms with Gasteiger partial charge in [-0.1, -0.05) is 6.07 Å². The molecule has 1 aliphatic rings. The molecule has 2 rings (SSSR count). The van der Waals surface area contributed by atoms with Crippen molar-refractivity contribution in [3.63, 3.8) is 0 Å². The number of rotatable bonds is 5. The summed E-state index contributed by atoms with van der Waals surface area (Å²) in [5, 5.41) is 8.15. The van der Waals surface area contributed by atoms with Crippen molar-refractivity contribution in [2.75, 3.05) is 26.7 Å². The normalized spacial score (nSPS) is 20.2. The van der Waals surface area contributed by atoms with Gasteiger partial charge in [-0.3, -0.25) is 0 Å². The fourth-order valence-corrected chi connectivity index (χ4v) is 2.65. The van der Waals surface area contributed by atoms with Crippen molar-refractivity contribution < 1.29 is 4.79 Å². The van der Waals surface area contributed by atoms with E-state index in [1.807, 2.05) is 23.4 Å². The number of urea groups is 1. The first-order chi connectivity index (χ1) is 7.81. The van der Waals surface area contributed by atoms with Crippen molar-refractivity contribution in [3.8, 4) is 0 Å². The van der Waals surface area contributed by atoms with E-state index < -0.39 is 0 Å². The Morgan fingerprint density at radius 1 is 1.69 bits per heavy atom. The molecule has 2 N–H and O–H groups in total. The zero-order valence-electron chi connectivity index (χ0n) is 9.40. The van der Waals surface area contributed by atoms with Gasteiger partial charge < -0.3 is 15.5 Å². The van der Waals surface area contributed by atoms with Crippen LogP contribution in [-0.4, -0.2) is 37.6 Å². The molecule has 5 heteroatoms. The summed E-state index contributed by atoms with van der Waals surface area (Å²) in [5.74, 6) is 0. The van der Waals surface area contributed by atoms with E-state index in [9.17, 15) is 4.79 Å². The molecule has 4 nitrogen and oxygen atoms in total. The molecule has 88 valence electrons. The topological polar surface area (TPSA) is 44.4 Å². The van der Waals surface area contributed by atoms with E-state index in [1.54, 1.807) is 11.3 Å². The van der Waals surface area contributed by atoms with Crippen LogP contribution < -0.4 is 10.6 Å². The fourth-order valence-electron chi connectivity index (χ4n) is 1.88. The molecule has 0 radical (unpaired) electrons. The Labute approximate surface area is 99.6 Å². The summed E-state index contributed by atoms with van der Waals surface area (Å²) in [6.07, 6.45) is 1.00. The number of carbonyl (C=O) groups is 1. The molecule has 0 spiro atoms. The molecule has 1 atom stereocenters. The van der Waals surface area contributed by atoms with Gasteiger partial charge in [0.15, 0.2) is 0 Å². The lowest BCUT2D eigenvalue weighted by molar-refractivity contribution is 0.217. The van der Waals surface area contributed by atoms with E-state index in [1.165, 1.54) is 4.88 Å². The highest BCUT2D eigenvalue weighted by Crippen LogP contribution is 2.24. The van der Waals surface area contributed by atoms with Crippen molar-refractivity contribution in [3.05, 3.63) is 22.4 Å². The molecule has 0 bridgehead atoms. The maximum absolute atomic E-state index is 11.7. The Balaban J connectivity index is 1.87. The molecular formula is C11H17N3OS. The van der Waals surface area contributed by atoms with Gasteiger partial charge >= 0.3 is 6.03 Å². The molecule has 0 saturated carbocycles. The van der Waals surface area contributed by atoms with Gasteiger partial charge in [0.1, 0.15) is 0 Å². The minimum atomic E-state index is 0.0644. The van der Waals surface area contributed by atoms with Crippen LogP contribution >= 0.6 is 11.3 Å². The summed E-state index contributed by atoms with van der Waals surface area (Å²) >= 11 is 1.70. The second-order valence-electron chi connectivity index (χ2n) is 3.92. The van der Waals surface area contributed by atoms with Crippen LogP contribution in [0.4, 0.5) is 4.79 Å². The molecule has 1 aliphatic heterocycles. The van der Waals surface area contributed by atoms with E-state index in [4.69, 9.17) is 0 Å². The molecule has 1 aromatic heterocycles. The largest absolute Gasteiger partial charge is 0.329 e. The molecular weight excluding hydrogens is 222 g/mol. The summed E-state index contributed by atoms with van der Waals surface area (Å²) in [6.45, 7) is 2.57. The second-order valence-corrected chi connectivity index (χ2v) is 4.90. The van der Waals surface area contributed by atoms with Gasteiger partial charge in [-0.05, 0) is 31.5 Å². The van der Waals surface area contributed by atoms with Gasteiger partial charge in [-0.25, -0.2) is 4.79 Å². The highest BCUT2D eigenvalue weighted by Gasteiger charge is 2.29. The minimum absolute atomic E-state index is 0.0644. The van der Waals surface area contributed by atoms with Crippen LogP contribution in [-0.2, 0) is 0 Å². The third-order valence-corrected chi connectivity index (χ3v) is 3.72. The lowest BCUT2D eigenvalue weighted by atomic mass is 10.2. The molecule has 1 aromatic rings. The summed E-state index contributed by atoms with van der Waals surface area (Å²) in [4.78, 5) is 14.8. The Bertz CT molecular complexity index is 339. The highest BCUT2D eigenvalue weighted by molar-refractivity contribution is 7.10. The monoisotopic (exact) mass is 239 g/mol. The van der Waals surface area contributed by atoms with E-state index in [2.05, 4.69) is 16.7 Å². The van der Waals surface area contributed by atoms with E-state index in [0.29, 0.717) is 0 Å². The quantitative estimate of drug-likeness (QED) is 0.763. The van der Waals surface area contributed by atoms with Gasteiger partial charge in [0, 0.05) is 18.0 Å². The van der Waals surface area contributed by atoms with Gasteiger partial charge in [0.25, 0.3) is 0 Å². The van der Waals surface area contributed by atoms with Crippen LogP contribution in [0.2, 0.25) is 0 Å². The summed E-state index contributed by atoms with van der Waals surface area (Å²) in [6, 6.07) is 4.35. The first-order valence-corrected chi connectivity index (χ1v) is 6.42. The smallest absolute Gasteiger partial charge is 0.318 e. The molecule has 1 unspecified atom stereocenters. The van der Waals surface area contributed by atoms with Crippen molar-refractivity contribution in [2.24, 2.45) is 0 Å². The molecule has 1 saturated heterocycles. The number of hydrogen-bond donors (Lipinski definition) is 2. The molecule has 2 heterocycles. The Morgan fingerprint density at radius 2 is 2.56 bits per heavy atom. The summed E-state index contributed by atoms with van der Waals surface area (Å²) in [5.41, 5.74) is 0. The number of nitrogens with one attached hydrogen (secondary N) is 2.